The van der Waals surface area contributed by atoms with E-state index >= 15 is 0 Å². The number of amides is 3. The van der Waals surface area contributed by atoms with Gasteiger partial charge in [0.1, 0.15) is 11.4 Å². The molecule has 24 heavy (non-hydrogen) atoms. The second-order valence-corrected chi connectivity index (χ2v) is 5.91. The molecule has 5 nitrogen and oxygen atoms in total. The maximum absolute atomic E-state index is 13.3. The molecule has 1 saturated heterocycles. The molecule has 0 spiro atoms. The number of carbonyl (C=O) groups is 2. The van der Waals surface area contributed by atoms with Crippen molar-refractivity contribution in [2.75, 3.05) is 6.54 Å². The van der Waals surface area contributed by atoms with Crippen molar-refractivity contribution in [3.05, 3.63) is 71.5 Å². The third kappa shape index (κ3) is 2.76. The number of carbonyl (C=O) groups excluding carboxylic acids is 2. The van der Waals surface area contributed by atoms with E-state index in [2.05, 4.69) is 5.32 Å². The predicted octanol–water partition coefficient (Wildman–Crippen LogP) is 2.33. The molecule has 2 aromatic carbocycles. The summed E-state index contributed by atoms with van der Waals surface area (Å²) in [4.78, 5) is 25.9. The van der Waals surface area contributed by atoms with Crippen LogP contribution in [0.4, 0.5) is 9.18 Å². The number of rotatable bonds is 4. The minimum atomic E-state index is -1.18. The van der Waals surface area contributed by atoms with Gasteiger partial charge in [-0.3, -0.25) is 9.69 Å². The highest BCUT2D eigenvalue weighted by atomic mass is 19.1. The molecule has 2 aromatic rings. The highest BCUT2D eigenvalue weighted by Crippen LogP contribution is 2.30. The number of hydrogen-bond donors (Lipinski definition) is 2. The number of halogens is 1. The molecule has 0 bridgehead atoms. The number of aliphatic hydroxyl groups excluding tert-OH is 1. The standard InChI is InChI=1S/C18H17FN2O3/c1-18(13-7-3-2-4-8-13)16(23)21(17(24)20-18)11-15(22)12-6-5-9-14(19)10-12/h2-10,15,22H,11H2,1H3,(H,20,24). The fourth-order valence-corrected chi connectivity index (χ4v) is 2.82. The Morgan fingerprint density at radius 1 is 1.17 bits per heavy atom. The van der Waals surface area contributed by atoms with Crippen molar-refractivity contribution in [3.8, 4) is 0 Å². The van der Waals surface area contributed by atoms with Crippen molar-refractivity contribution >= 4 is 11.9 Å². The van der Waals surface area contributed by atoms with Gasteiger partial charge >= 0.3 is 6.03 Å². The number of β-amino-alcohol motifs (C(OH)–C–C–N with tert-alkyl or cyclic N) is 1. The Bertz CT molecular complexity index is 781. The van der Waals surface area contributed by atoms with Crippen LogP contribution in [-0.2, 0) is 10.3 Å². The van der Waals surface area contributed by atoms with Gasteiger partial charge in [-0.25, -0.2) is 9.18 Å². The number of urea groups is 1. The van der Waals surface area contributed by atoms with Crippen LogP contribution in [0.1, 0.15) is 24.2 Å². The van der Waals surface area contributed by atoms with Gasteiger partial charge in [0.2, 0.25) is 0 Å². The average molecular weight is 328 g/mol. The summed E-state index contributed by atoms with van der Waals surface area (Å²) >= 11 is 0. The first-order chi connectivity index (χ1) is 11.4. The summed E-state index contributed by atoms with van der Waals surface area (Å²) in [5.41, 5.74) is -0.213. The lowest BCUT2D eigenvalue weighted by atomic mass is 9.92. The summed E-state index contributed by atoms with van der Waals surface area (Å²) in [7, 11) is 0. The third-order valence-corrected chi connectivity index (χ3v) is 4.22. The number of nitrogens with zero attached hydrogens (tertiary/aromatic N) is 1. The van der Waals surface area contributed by atoms with E-state index in [9.17, 15) is 19.1 Å². The summed E-state index contributed by atoms with van der Waals surface area (Å²) in [6.45, 7) is 1.38. The zero-order chi connectivity index (χ0) is 17.3. The molecule has 3 rings (SSSR count). The van der Waals surface area contributed by atoms with Crippen molar-refractivity contribution in [2.24, 2.45) is 0 Å². The predicted molar refractivity (Wildman–Crippen MR) is 85.4 cm³/mol. The Balaban J connectivity index is 1.82. The molecule has 3 amide bonds. The van der Waals surface area contributed by atoms with E-state index in [1.807, 2.05) is 6.07 Å². The highest BCUT2D eigenvalue weighted by molar-refractivity contribution is 6.07. The Hall–Kier alpha value is -2.73. The Morgan fingerprint density at radius 2 is 1.88 bits per heavy atom. The summed E-state index contributed by atoms with van der Waals surface area (Å²) in [5.74, 6) is -0.938. The van der Waals surface area contributed by atoms with Crippen LogP contribution in [0.15, 0.2) is 54.6 Å². The van der Waals surface area contributed by atoms with Crippen LogP contribution in [0.5, 0.6) is 0 Å². The molecule has 1 heterocycles. The van der Waals surface area contributed by atoms with E-state index in [4.69, 9.17) is 0 Å². The van der Waals surface area contributed by atoms with Crippen molar-refractivity contribution in [1.29, 1.82) is 0 Å². The minimum absolute atomic E-state index is 0.240. The topological polar surface area (TPSA) is 69.6 Å². The maximum atomic E-state index is 13.3. The molecule has 0 aromatic heterocycles. The molecule has 6 heteroatoms. The zero-order valence-corrected chi connectivity index (χ0v) is 13.1. The zero-order valence-electron chi connectivity index (χ0n) is 13.1. The van der Waals surface area contributed by atoms with Gasteiger partial charge in [0.05, 0.1) is 12.6 Å². The van der Waals surface area contributed by atoms with Crippen molar-refractivity contribution in [1.82, 2.24) is 10.2 Å². The Labute approximate surface area is 138 Å². The lowest BCUT2D eigenvalue weighted by molar-refractivity contribution is -0.132. The number of imide groups is 1. The third-order valence-electron chi connectivity index (χ3n) is 4.22. The van der Waals surface area contributed by atoms with E-state index in [0.29, 0.717) is 11.1 Å². The van der Waals surface area contributed by atoms with Gasteiger partial charge in [-0.05, 0) is 30.2 Å². The van der Waals surface area contributed by atoms with Crippen molar-refractivity contribution < 1.29 is 19.1 Å². The molecule has 0 radical (unpaired) electrons. The van der Waals surface area contributed by atoms with Crippen LogP contribution in [0.3, 0.4) is 0 Å². The van der Waals surface area contributed by atoms with E-state index < -0.39 is 29.4 Å². The normalized spacial score (nSPS) is 21.7. The lowest BCUT2D eigenvalue weighted by Gasteiger charge is -2.23. The molecule has 0 aliphatic carbocycles. The van der Waals surface area contributed by atoms with E-state index in [0.717, 1.165) is 4.90 Å². The van der Waals surface area contributed by atoms with E-state index in [1.54, 1.807) is 37.3 Å². The molecule has 0 saturated carbocycles. The second-order valence-electron chi connectivity index (χ2n) is 5.91. The minimum Gasteiger partial charge on any atom is -0.387 e. The number of benzene rings is 2. The summed E-state index contributed by atoms with van der Waals surface area (Å²) in [6, 6.07) is 13.8. The number of nitrogens with one attached hydrogen (secondary N) is 1. The van der Waals surface area contributed by atoms with Crippen LogP contribution in [0, 0.1) is 5.82 Å². The van der Waals surface area contributed by atoms with Crippen LogP contribution < -0.4 is 5.32 Å². The van der Waals surface area contributed by atoms with Gasteiger partial charge in [0, 0.05) is 0 Å². The van der Waals surface area contributed by atoms with Gasteiger partial charge < -0.3 is 10.4 Å². The van der Waals surface area contributed by atoms with E-state index in [-0.39, 0.29) is 6.54 Å². The molecule has 1 fully saturated rings. The molecule has 2 N–H and O–H groups in total. The van der Waals surface area contributed by atoms with Gasteiger partial charge in [-0.15, -0.1) is 0 Å². The smallest absolute Gasteiger partial charge is 0.325 e. The Morgan fingerprint density at radius 3 is 2.54 bits per heavy atom. The Kier molecular flexibility index (Phi) is 4.07. The van der Waals surface area contributed by atoms with Crippen molar-refractivity contribution in [3.63, 3.8) is 0 Å². The first-order valence-electron chi connectivity index (χ1n) is 7.55. The van der Waals surface area contributed by atoms with E-state index in [1.165, 1.54) is 18.2 Å². The SMILES string of the molecule is CC1(c2ccccc2)NC(=O)N(CC(O)c2cccc(F)c2)C1=O. The van der Waals surface area contributed by atoms with Gasteiger partial charge in [0.25, 0.3) is 5.91 Å². The van der Waals surface area contributed by atoms with Gasteiger partial charge in [-0.1, -0.05) is 42.5 Å². The molecule has 1 aliphatic heterocycles. The molecule has 2 atom stereocenters. The molecular weight excluding hydrogens is 311 g/mol. The molecule has 2 unspecified atom stereocenters. The molecular formula is C18H17FN2O3. The number of hydrogen-bond acceptors (Lipinski definition) is 3. The summed E-state index contributed by atoms with van der Waals surface area (Å²) in [5, 5.41) is 12.9. The maximum Gasteiger partial charge on any atom is 0.325 e. The van der Waals surface area contributed by atoms with Crippen LogP contribution in [0.2, 0.25) is 0 Å². The quantitative estimate of drug-likeness (QED) is 0.846. The van der Waals surface area contributed by atoms with Crippen LogP contribution in [-0.4, -0.2) is 28.5 Å². The summed E-state index contributed by atoms with van der Waals surface area (Å²) < 4.78 is 13.3. The molecule has 124 valence electrons. The average Bonchev–Trinajstić information content (AvgIpc) is 2.80. The first-order valence-corrected chi connectivity index (χ1v) is 7.55. The largest absolute Gasteiger partial charge is 0.387 e. The second kappa shape index (κ2) is 6.05. The fourth-order valence-electron chi connectivity index (χ4n) is 2.82. The summed E-state index contributed by atoms with van der Waals surface area (Å²) in [6.07, 6.45) is -1.16. The first kappa shape index (κ1) is 16.1. The molecule has 1 aliphatic rings. The number of aliphatic hydroxyl groups is 1. The van der Waals surface area contributed by atoms with Crippen LogP contribution in [0.25, 0.3) is 0 Å². The van der Waals surface area contributed by atoms with Crippen molar-refractivity contribution in [2.45, 2.75) is 18.6 Å². The van der Waals surface area contributed by atoms with Crippen LogP contribution >= 0.6 is 0 Å². The van der Waals surface area contributed by atoms with Gasteiger partial charge in [-0.2, -0.15) is 0 Å². The fraction of sp³-hybridized carbons (Fsp3) is 0.222. The lowest BCUT2D eigenvalue weighted by Crippen LogP contribution is -2.41. The van der Waals surface area contributed by atoms with Gasteiger partial charge in [0.15, 0.2) is 0 Å². The highest BCUT2D eigenvalue weighted by Gasteiger charge is 2.49. The monoisotopic (exact) mass is 328 g/mol.